The summed E-state index contributed by atoms with van der Waals surface area (Å²) in [6, 6.07) is 5.79. The van der Waals surface area contributed by atoms with Gasteiger partial charge in [0.15, 0.2) is 5.58 Å². The third-order valence-electron chi connectivity index (χ3n) is 2.88. The molecular weight excluding hydrogens is 206 g/mol. The second-order valence-corrected chi connectivity index (χ2v) is 3.93. The summed E-state index contributed by atoms with van der Waals surface area (Å²) in [6.45, 7) is 3.99. The van der Waals surface area contributed by atoms with Crippen LogP contribution in [0.3, 0.4) is 0 Å². The maximum atomic E-state index is 11.0. The van der Waals surface area contributed by atoms with Crippen LogP contribution in [0.4, 0.5) is 5.69 Å². The highest BCUT2D eigenvalue weighted by Gasteiger charge is 2.11. The van der Waals surface area contributed by atoms with Crippen molar-refractivity contribution in [2.45, 2.75) is 0 Å². The van der Waals surface area contributed by atoms with Gasteiger partial charge in [-0.1, -0.05) is 0 Å². The quantitative estimate of drug-likeness (QED) is 0.734. The number of benzene rings is 1. The molecule has 16 heavy (non-hydrogen) atoms. The van der Waals surface area contributed by atoms with Crippen molar-refractivity contribution in [1.29, 1.82) is 0 Å². The van der Waals surface area contributed by atoms with Crippen molar-refractivity contribution in [2.75, 3.05) is 31.1 Å². The molecule has 0 aliphatic carbocycles. The number of hydrogen-bond acceptors (Lipinski definition) is 4. The average Bonchev–Trinajstić information content (AvgIpc) is 2.69. The van der Waals surface area contributed by atoms with Crippen LogP contribution in [-0.4, -0.2) is 31.2 Å². The lowest BCUT2D eigenvalue weighted by Crippen LogP contribution is -2.43. The van der Waals surface area contributed by atoms with Crippen LogP contribution in [0.15, 0.2) is 27.4 Å². The summed E-state index contributed by atoms with van der Waals surface area (Å²) >= 11 is 0. The monoisotopic (exact) mass is 219 g/mol. The number of aromatic amines is 1. The van der Waals surface area contributed by atoms with Crippen LogP contribution >= 0.6 is 0 Å². The molecule has 0 saturated carbocycles. The standard InChI is InChI=1S/C11H13N3O2/c15-11-13-9-7-8(1-2-10(9)16-11)14-5-3-12-4-6-14/h1-2,7,12H,3-6H2,(H,13,15). The zero-order chi connectivity index (χ0) is 11.0. The summed E-state index contributed by atoms with van der Waals surface area (Å²) in [5, 5.41) is 3.31. The van der Waals surface area contributed by atoms with E-state index in [1.54, 1.807) is 0 Å². The van der Waals surface area contributed by atoms with Crippen LogP contribution in [0.5, 0.6) is 0 Å². The van der Waals surface area contributed by atoms with Gasteiger partial charge in [-0.05, 0) is 18.2 Å². The van der Waals surface area contributed by atoms with Gasteiger partial charge in [-0.2, -0.15) is 0 Å². The van der Waals surface area contributed by atoms with Crippen molar-refractivity contribution in [2.24, 2.45) is 0 Å². The van der Waals surface area contributed by atoms with E-state index >= 15 is 0 Å². The second kappa shape index (κ2) is 3.68. The molecule has 2 N–H and O–H groups in total. The third-order valence-corrected chi connectivity index (χ3v) is 2.88. The maximum absolute atomic E-state index is 11.0. The molecule has 1 aromatic carbocycles. The summed E-state index contributed by atoms with van der Waals surface area (Å²) in [5.41, 5.74) is 2.51. The van der Waals surface area contributed by atoms with Gasteiger partial charge in [-0.15, -0.1) is 0 Å². The van der Waals surface area contributed by atoms with Gasteiger partial charge in [-0.25, -0.2) is 4.79 Å². The summed E-state index contributed by atoms with van der Waals surface area (Å²) in [7, 11) is 0. The minimum atomic E-state index is -0.396. The van der Waals surface area contributed by atoms with E-state index in [0.29, 0.717) is 5.58 Å². The Bertz CT molecular complexity index is 552. The highest BCUT2D eigenvalue weighted by Crippen LogP contribution is 2.20. The molecule has 5 nitrogen and oxygen atoms in total. The lowest BCUT2D eigenvalue weighted by atomic mass is 10.2. The van der Waals surface area contributed by atoms with Crippen molar-refractivity contribution in [1.82, 2.24) is 10.3 Å². The number of nitrogens with zero attached hydrogens (tertiary/aromatic N) is 1. The molecule has 0 atom stereocenters. The van der Waals surface area contributed by atoms with Crippen LogP contribution in [0.2, 0.25) is 0 Å². The molecule has 3 rings (SSSR count). The first kappa shape index (κ1) is 9.47. The first-order valence-corrected chi connectivity index (χ1v) is 5.41. The third kappa shape index (κ3) is 1.59. The fourth-order valence-electron chi connectivity index (χ4n) is 2.06. The molecule has 0 unspecified atom stereocenters. The van der Waals surface area contributed by atoms with Gasteiger partial charge in [-0.3, -0.25) is 4.98 Å². The number of anilines is 1. The Hall–Kier alpha value is -1.75. The van der Waals surface area contributed by atoms with Gasteiger partial charge >= 0.3 is 5.76 Å². The smallest absolute Gasteiger partial charge is 0.408 e. The zero-order valence-corrected chi connectivity index (χ0v) is 8.82. The molecule has 2 heterocycles. The Morgan fingerprint density at radius 2 is 2.06 bits per heavy atom. The van der Waals surface area contributed by atoms with E-state index in [2.05, 4.69) is 15.2 Å². The molecule has 1 aromatic heterocycles. The van der Waals surface area contributed by atoms with E-state index in [9.17, 15) is 4.79 Å². The first-order chi connectivity index (χ1) is 7.83. The molecule has 5 heteroatoms. The summed E-state index contributed by atoms with van der Waals surface area (Å²) in [4.78, 5) is 16.0. The Morgan fingerprint density at radius 1 is 1.25 bits per heavy atom. The molecule has 84 valence electrons. The molecule has 2 aromatic rings. The highest BCUT2D eigenvalue weighted by atomic mass is 16.4. The summed E-state index contributed by atoms with van der Waals surface area (Å²) in [5.74, 6) is -0.396. The van der Waals surface area contributed by atoms with Gasteiger partial charge in [0.1, 0.15) is 0 Å². The van der Waals surface area contributed by atoms with Crippen LogP contribution in [0.1, 0.15) is 0 Å². The predicted molar refractivity (Wildman–Crippen MR) is 61.9 cm³/mol. The fourth-order valence-corrected chi connectivity index (χ4v) is 2.06. The van der Waals surface area contributed by atoms with Crippen molar-refractivity contribution in [3.05, 3.63) is 28.7 Å². The van der Waals surface area contributed by atoms with Crippen LogP contribution in [0.25, 0.3) is 11.1 Å². The number of H-pyrrole nitrogens is 1. The Morgan fingerprint density at radius 3 is 2.88 bits per heavy atom. The van der Waals surface area contributed by atoms with Crippen molar-refractivity contribution in [3.8, 4) is 0 Å². The topological polar surface area (TPSA) is 61.3 Å². The van der Waals surface area contributed by atoms with E-state index in [-0.39, 0.29) is 0 Å². The number of nitrogens with one attached hydrogen (secondary N) is 2. The van der Waals surface area contributed by atoms with Crippen molar-refractivity contribution in [3.63, 3.8) is 0 Å². The number of fused-ring (bicyclic) bond motifs is 1. The largest absolute Gasteiger partial charge is 0.417 e. The predicted octanol–water partition coefficient (Wildman–Crippen LogP) is 0.531. The normalized spacial score (nSPS) is 16.9. The number of aromatic nitrogens is 1. The van der Waals surface area contributed by atoms with Crippen LogP contribution < -0.4 is 16.0 Å². The van der Waals surface area contributed by atoms with Gasteiger partial charge < -0.3 is 14.6 Å². The summed E-state index contributed by atoms with van der Waals surface area (Å²) < 4.78 is 4.97. The Balaban J connectivity index is 2.00. The highest BCUT2D eigenvalue weighted by molar-refractivity contribution is 5.77. The lowest BCUT2D eigenvalue weighted by Gasteiger charge is -2.29. The first-order valence-electron chi connectivity index (χ1n) is 5.41. The van der Waals surface area contributed by atoms with E-state index in [0.717, 1.165) is 37.4 Å². The minimum Gasteiger partial charge on any atom is -0.408 e. The fraction of sp³-hybridized carbons (Fsp3) is 0.364. The molecule has 0 amide bonds. The van der Waals surface area contributed by atoms with Crippen LogP contribution in [0, 0.1) is 0 Å². The van der Waals surface area contributed by atoms with Crippen molar-refractivity contribution >= 4 is 16.8 Å². The number of rotatable bonds is 1. The molecular formula is C11H13N3O2. The van der Waals surface area contributed by atoms with Gasteiger partial charge in [0.25, 0.3) is 0 Å². The molecule has 1 saturated heterocycles. The van der Waals surface area contributed by atoms with E-state index < -0.39 is 5.76 Å². The summed E-state index contributed by atoms with van der Waals surface area (Å²) in [6.07, 6.45) is 0. The SMILES string of the molecule is O=c1[nH]c2cc(N3CCNCC3)ccc2o1. The van der Waals surface area contributed by atoms with E-state index in [4.69, 9.17) is 4.42 Å². The molecule has 0 bridgehead atoms. The molecule has 1 aliphatic rings. The number of piperazine rings is 1. The molecule has 0 radical (unpaired) electrons. The zero-order valence-electron chi connectivity index (χ0n) is 8.82. The maximum Gasteiger partial charge on any atom is 0.417 e. The lowest BCUT2D eigenvalue weighted by molar-refractivity contribution is 0.555. The van der Waals surface area contributed by atoms with Gasteiger partial charge in [0.05, 0.1) is 5.52 Å². The minimum absolute atomic E-state index is 0.396. The van der Waals surface area contributed by atoms with E-state index in [1.807, 2.05) is 18.2 Å². The number of hydrogen-bond donors (Lipinski definition) is 2. The second-order valence-electron chi connectivity index (χ2n) is 3.93. The molecule has 1 aliphatic heterocycles. The Kier molecular flexibility index (Phi) is 2.18. The molecule has 1 fully saturated rings. The van der Waals surface area contributed by atoms with E-state index in [1.165, 1.54) is 0 Å². The van der Waals surface area contributed by atoms with Gasteiger partial charge in [0.2, 0.25) is 0 Å². The Labute approximate surface area is 92.1 Å². The average molecular weight is 219 g/mol. The van der Waals surface area contributed by atoms with Crippen LogP contribution in [-0.2, 0) is 0 Å². The van der Waals surface area contributed by atoms with Gasteiger partial charge in [0, 0.05) is 31.9 Å². The number of oxazole rings is 1. The van der Waals surface area contributed by atoms with Crippen molar-refractivity contribution < 1.29 is 4.42 Å². The molecule has 0 spiro atoms.